The van der Waals surface area contributed by atoms with Crippen molar-refractivity contribution in [2.75, 3.05) is 6.54 Å². The lowest BCUT2D eigenvalue weighted by Gasteiger charge is -2.25. The summed E-state index contributed by atoms with van der Waals surface area (Å²) in [5.74, 6) is 0.0853. The highest BCUT2D eigenvalue weighted by molar-refractivity contribution is 5.95. The fraction of sp³-hybridized carbons (Fsp3) is 0.350. The maximum absolute atomic E-state index is 13.1. The third kappa shape index (κ3) is 3.27. The van der Waals surface area contributed by atoms with Gasteiger partial charge in [0.25, 0.3) is 5.91 Å². The van der Waals surface area contributed by atoms with Crippen LogP contribution in [0.4, 0.5) is 0 Å². The molecule has 0 bridgehead atoms. The summed E-state index contributed by atoms with van der Waals surface area (Å²) in [7, 11) is 0. The first-order chi connectivity index (χ1) is 12.6. The first-order valence-corrected chi connectivity index (χ1v) is 9.03. The fourth-order valence-electron chi connectivity index (χ4n) is 3.58. The van der Waals surface area contributed by atoms with Gasteiger partial charge in [-0.3, -0.25) is 9.48 Å². The number of aromatic nitrogens is 4. The average Bonchev–Trinajstić information content (AvgIpc) is 3.37. The summed E-state index contributed by atoms with van der Waals surface area (Å²) in [6.07, 6.45) is 7.85. The van der Waals surface area contributed by atoms with Crippen molar-refractivity contribution < 1.29 is 4.79 Å². The maximum Gasteiger partial charge on any atom is 0.254 e. The smallest absolute Gasteiger partial charge is 0.254 e. The van der Waals surface area contributed by atoms with Crippen LogP contribution in [0, 0.1) is 13.8 Å². The van der Waals surface area contributed by atoms with E-state index in [1.807, 2.05) is 72.4 Å². The quantitative estimate of drug-likeness (QED) is 0.728. The third-order valence-corrected chi connectivity index (χ3v) is 4.88. The molecule has 6 nitrogen and oxygen atoms in total. The largest absolute Gasteiger partial charge is 0.334 e. The van der Waals surface area contributed by atoms with Crippen LogP contribution in [0.2, 0.25) is 0 Å². The standard InChI is InChI=1S/C20H23N5O/c1-15-12-21-23(13-15)14-19-7-4-9-24(19)20(26)17-5-3-6-18(11-17)25-10-8-16(2)22-25/h3,5-6,8,10-13,19H,4,7,9,14H2,1-2H3/t19-/m1/s1. The van der Waals surface area contributed by atoms with E-state index in [2.05, 4.69) is 10.2 Å². The van der Waals surface area contributed by atoms with Gasteiger partial charge >= 0.3 is 0 Å². The van der Waals surface area contributed by atoms with E-state index >= 15 is 0 Å². The Kier molecular flexibility index (Phi) is 4.32. The molecule has 3 heterocycles. The van der Waals surface area contributed by atoms with Gasteiger partial charge in [-0.2, -0.15) is 10.2 Å². The Hall–Kier alpha value is -2.89. The third-order valence-electron chi connectivity index (χ3n) is 4.88. The number of likely N-dealkylation sites (tertiary alicyclic amines) is 1. The zero-order chi connectivity index (χ0) is 18.1. The molecule has 0 spiro atoms. The lowest BCUT2D eigenvalue weighted by atomic mass is 10.1. The summed E-state index contributed by atoms with van der Waals surface area (Å²) < 4.78 is 3.74. The van der Waals surface area contributed by atoms with Gasteiger partial charge in [-0.05, 0) is 56.5 Å². The van der Waals surface area contributed by atoms with Gasteiger partial charge in [0.15, 0.2) is 0 Å². The number of rotatable bonds is 4. The van der Waals surface area contributed by atoms with E-state index in [1.54, 1.807) is 4.68 Å². The van der Waals surface area contributed by atoms with Crippen LogP contribution in [0.3, 0.4) is 0 Å². The molecule has 1 aliphatic rings. The van der Waals surface area contributed by atoms with Crippen LogP contribution in [-0.4, -0.2) is 43.0 Å². The van der Waals surface area contributed by atoms with Crippen molar-refractivity contribution in [1.82, 2.24) is 24.5 Å². The van der Waals surface area contributed by atoms with Crippen LogP contribution >= 0.6 is 0 Å². The highest BCUT2D eigenvalue weighted by atomic mass is 16.2. The summed E-state index contributed by atoms with van der Waals surface area (Å²) >= 11 is 0. The molecular formula is C20H23N5O. The molecular weight excluding hydrogens is 326 g/mol. The summed E-state index contributed by atoms with van der Waals surface area (Å²) in [6, 6.07) is 9.84. The van der Waals surface area contributed by atoms with Crippen LogP contribution in [0.25, 0.3) is 5.69 Å². The fourth-order valence-corrected chi connectivity index (χ4v) is 3.58. The highest BCUT2D eigenvalue weighted by Crippen LogP contribution is 2.22. The van der Waals surface area contributed by atoms with Gasteiger partial charge in [0, 0.05) is 24.5 Å². The number of aryl methyl sites for hydroxylation is 2. The predicted molar refractivity (Wildman–Crippen MR) is 99.3 cm³/mol. The molecule has 3 aromatic rings. The lowest BCUT2D eigenvalue weighted by Crippen LogP contribution is -2.38. The zero-order valence-corrected chi connectivity index (χ0v) is 15.2. The summed E-state index contributed by atoms with van der Waals surface area (Å²) in [5.41, 5.74) is 3.71. The molecule has 0 unspecified atom stereocenters. The first-order valence-electron chi connectivity index (χ1n) is 9.03. The van der Waals surface area contributed by atoms with Crippen molar-refractivity contribution in [1.29, 1.82) is 0 Å². The number of carbonyl (C=O) groups excluding carboxylic acids is 1. The van der Waals surface area contributed by atoms with Crippen molar-refractivity contribution in [3.05, 3.63) is 65.7 Å². The number of nitrogens with zero attached hydrogens (tertiary/aromatic N) is 5. The number of benzene rings is 1. The maximum atomic E-state index is 13.1. The molecule has 134 valence electrons. The Morgan fingerprint density at radius 3 is 2.88 bits per heavy atom. The van der Waals surface area contributed by atoms with Gasteiger partial charge in [0.2, 0.25) is 0 Å². The van der Waals surface area contributed by atoms with Gasteiger partial charge in [-0.25, -0.2) is 4.68 Å². The van der Waals surface area contributed by atoms with Gasteiger partial charge < -0.3 is 4.90 Å². The van der Waals surface area contributed by atoms with E-state index in [0.29, 0.717) is 5.56 Å². The molecule has 6 heteroatoms. The number of carbonyl (C=O) groups is 1. The SMILES string of the molecule is Cc1cnn(C[C@H]2CCCN2C(=O)c2cccc(-n3ccc(C)n3)c2)c1. The van der Waals surface area contributed by atoms with Gasteiger partial charge in [-0.1, -0.05) is 6.07 Å². The normalized spacial score (nSPS) is 17.0. The molecule has 1 saturated heterocycles. The molecule has 0 radical (unpaired) electrons. The lowest BCUT2D eigenvalue weighted by molar-refractivity contribution is 0.0721. The Morgan fingerprint density at radius 2 is 2.15 bits per heavy atom. The minimum Gasteiger partial charge on any atom is -0.334 e. The molecule has 26 heavy (non-hydrogen) atoms. The van der Waals surface area contributed by atoms with E-state index < -0.39 is 0 Å². The number of hydrogen-bond acceptors (Lipinski definition) is 3. The van der Waals surface area contributed by atoms with Crippen LogP contribution in [0.15, 0.2) is 48.9 Å². The minimum absolute atomic E-state index is 0.0853. The molecule has 1 fully saturated rings. The molecule has 0 aliphatic carbocycles. The Bertz CT molecular complexity index is 926. The molecule has 4 rings (SSSR count). The Morgan fingerprint density at radius 1 is 1.27 bits per heavy atom. The van der Waals surface area contributed by atoms with E-state index in [-0.39, 0.29) is 11.9 Å². The van der Waals surface area contributed by atoms with Gasteiger partial charge in [0.05, 0.1) is 30.2 Å². The van der Waals surface area contributed by atoms with E-state index in [0.717, 1.165) is 42.9 Å². The van der Waals surface area contributed by atoms with Crippen molar-refractivity contribution in [2.24, 2.45) is 0 Å². The van der Waals surface area contributed by atoms with Crippen LogP contribution in [-0.2, 0) is 6.54 Å². The van der Waals surface area contributed by atoms with Crippen molar-refractivity contribution in [2.45, 2.75) is 39.3 Å². The van der Waals surface area contributed by atoms with Crippen LogP contribution in [0.5, 0.6) is 0 Å². The van der Waals surface area contributed by atoms with Crippen molar-refractivity contribution in [3.8, 4) is 5.69 Å². The molecule has 1 amide bonds. The van der Waals surface area contributed by atoms with E-state index in [4.69, 9.17) is 0 Å². The average molecular weight is 349 g/mol. The zero-order valence-electron chi connectivity index (χ0n) is 15.2. The van der Waals surface area contributed by atoms with Crippen LogP contribution in [0.1, 0.15) is 34.5 Å². The molecule has 1 atom stereocenters. The molecule has 2 aromatic heterocycles. The first kappa shape index (κ1) is 16.6. The Balaban J connectivity index is 1.54. The number of amides is 1. The van der Waals surface area contributed by atoms with E-state index in [1.165, 1.54) is 0 Å². The molecule has 1 aromatic carbocycles. The monoisotopic (exact) mass is 349 g/mol. The highest BCUT2D eigenvalue weighted by Gasteiger charge is 2.30. The predicted octanol–water partition coefficient (Wildman–Crippen LogP) is 2.99. The van der Waals surface area contributed by atoms with E-state index in [9.17, 15) is 4.79 Å². The van der Waals surface area contributed by atoms with Gasteiger partial charge in [-0.15, -0.1) is 0 Å². The number of hydrogen-bond donors (Lipinski definition) is 0. The second-order valence-electron chi connectivity index (χ2n) is 6.99. The molecule has 1 aliphatic heterocycles. The topological polar surface area (TPSA) is 56.0 Å². The molecule has 0 saturated carbocycles. The van der Waals surface area contributed by atoms with Crippen LogP contribution < -0.4 is 0 Å². The summed E-state index contributed by atoms with van der Waals surface area (Å²) in [4.78, 5) is 15.1. The Labute approximate surface area is 153 Å². The summed E-state index contributed by atoms with van der Waals surface area (Å²) in [5, 5.41) is 8.80. The second-order valence-corrected chi connectivity index (χ2v) is 6.99. The minimum atomic E-state index is 0.0853. The molecule has 0 N–H and O–H groups in total. The van der Waals surface area contributed by atoms with Crippen molar-refractivity contribution in [3.63, 3.8) is 0 Å². The second kappa shape index (κ2) is 6.78. The summed E-state index contributed by atoms with van der Waals surface area (Å²) in [6.45, 7) is 5.54. The van der Waals surface area contributed by atoms with Gasteiger partial charge in [0.1, 0.15) is 0 Å². The van der Waals surface area contributed by atoms with Crippen molar-refractivity contribution >= 4 is 5.91 Å².